The van der Waals surface area contributed by atoms with Crippen LogP contribution in [0.2, 0.25) is 0 Å². The van der Waals surface area contributed by atoms with Gasteiger partial charge in [0.05, 0.1) is 6.10 Å². The number of rotatable bonds is 5. The van der Waals surface area contributed by atoms with Crippen molar-refractivity contribution in [3.8, 4) is 0 Å². The van der Waals surface area contributed by atoms with Crippen LogP contribution in [0.1, 0.15) is 52.9 Å². The van der Waals surface area contributed by atoms with Crippen LogP contribution in [-0.4, -0.2) is 43.0 Å². The van der Waals surface area contributed by atoms with Crippen LogP contribution in [-0.2, 0) is 9.53 Å². The molecule has 0 amide bonds. The highest BCUT2D eigenvalue weighted by molar-refractivity contribution is 5.82. The topological polar surface area (TPSA) is 29.5 Å². The molecule has 0 aromatic carbocycles. The summed E-state index contributed by atoms with van der Waals surface area (Å²) >= 11 is 0. The van der Waals surface area contributed by atoms with Gasteiger partial charge in [0.25, 0.3) is 0 Å². The van der Waals surface area contributed by atoms with Gasteiger partial charge in [0.15, 0.2) is 0 Å². The summed E-state index contributed by atoms with van der Waals surface area (Å²) in [6.45, 7) is 10.6. The van der Waals surface area contributed by atoms with Crippen LogP contribution in [0.4, 0.5) is 0 Å². The molecule has 1 aliphatic carbocycles. The summed E-state index contributed by atoms with van der Waals surface area (Å²) in [6.07, 6.45) is 5.65. The van der Waals surface area contributed by atoms with Crippen LogP contribution in [0.15, 0.2) is 0 Å². The normalized spacial score (nSPS) is 31.1. The Morgan fingerprint density at radius 3 is 2.79 bits per heavy atom. The molecule has 1 saturated carbocycles. The minimum Gasteiger partial charge on any atom is -0.377 e. The number of ketones is 1. The van der Waals surface area contributed by atoms with Gasteiger partial charge in [0, 0.05) is 32.0 Å². The standard InChI is InChI=1S/C16H29NO2/c1-4-17(12-14-6-5-9-19-14)11-13-10-16(2,3)8-7-15(13)18/h13-14H,4-12H2,1-3H3. The zero-order valence-electron chi connectivity index (χ0n) is 12.8. The minimum absolute atomic E-state index is 0.241. The Balaban J connectivity index is 1.87. The van der Waals surface area contributed by atoms with Gasteiger partial charge in [-0.1, -0.05) is 20.8 Å². The van der Waals surface area contributed by atoms with E-state index in [2.05, 4.69) is 25.7 Å². The van der Waals surface area contributed by atoms with Crippen LogP contribution in [0.25, 0.3) is 0 Å². The average molecular weight is 267 g/mol. The van der Waals surface area contributed by atoms with Crippen LogP contribution in [0.3, 0.4) is 0 Å². The fourth-order valence-electron chi connectivity index (χ4n) is 3.44. The van der Waals surface area contributed by atoms with E-state index in [1.165, 1.54) is 12.8 Å². The number of Topliss-reactive ketones (excluding diaryl/α,β-unsaturated/α-hetero) is 1. The predicted octanol–water partition coefficient (Wildman–Crippen LogP) is 2.88. The number of hydrogen-bond acceptors (Lipinski definition) is 3. The Morgan fingerprint density at radius 2 is 2.16 bits per heavy atom. The Kier molecular flexibility index (Phi) is 5.02. The molecule has 1 heterocycles. The zero-order chi connectivity index (χ0) is 13.9. The molecular weight excluding hydrogens is 238 g/mol. The molecule has 0 spiro atoms. The molecule has 19 heavy (non-hydrogen) atoms. The predicted molar refractivity (Wildman–Crippen MR) is 77.2 cm³/mol. The van der Waals surface area contributed by atoms with Gasteiger partial charge in [-0.2, -0.15) is 0 Å². The Hall–Kier alpha value is -0.410. The first-order valence-corrected chi connectivity index (χ1v) is 7.87. The SMILES string of the molecule is CCN(CC1CCCO1)CC1CC(C)(C)CCC1=O. The molecule has 0 bridgehead atoms. The zero-order valence-corrected chi connectivity index (χ0v) is 12.8. The van der Waals surface area contributed by atoms with E-state index in [0.717, 1.165) is 45.5 Å². The molecule has 3 heteroatoms. The number of carbonyl (C=O) groups is 1. The van der Waals surface area contributed by atoms with Crippen LogP contribution in [0.5, 0.6) is 0 Å². The number of nitrogens with zero attached hydrogens (tertiary/aromatic N) is 1. The van der Waals surface area contributed by atoms with Gasteiger partial charge in [-0.15, -0.1) is 0 Å². The molecule has 0 aromatic heterocycles. The van der Waals surface area contributed by atoms with E-state index in [1.54, 1.807) is 0 Å². The highest BCUT2D eigenvalue weighted by Crippen LogP contribution is 2.37. The van der Waals surface area contributed by atoms with Gasteiger partial charge in [-0.25, -0.2) is 0 Å². The summed E-state index contributed by atoms with van der Waals surface area (Å²) in [7, 11) is 0. The summed E-state index contributed by atoms with van der Waals surface area (Å²) in [6, 6.07) is 0. The van der Waals surface area contributed by atoms with Crippen LogP contribution >= 0.6 is 0 Å². The molecule has 2 fully saturated rings. The van der Waals surface area contributed by atoms with Crippen molar-refractivity contribution in [3.05, 3.63) is 0 Å². The summed E-state index contributed by atoms with van der Waals surface area (Å²) in [5.41, 5.74) is 0.335. The first-order valence-electron chi connectivity index (χ1n) is 7.87. The largest absolute Gasteiger partial charge is 0.377 e. The van der Waals surface area contributed by atoms with E-state index in [9.17, 15) is 4.79 Å². The lowest BCUT2D eigenvalue weighted by Crippen LogP contribution is -2.41. The van der Waals surface area contributed by atoms with E-state index < -0.39 is 0 Å². The molecule has 1 saturated heterocycles. The van der Waals surface area contributed by atoms with E-state index in [1.807, 2.05) is 0 Å². The molecule has 2 aliphatic rings. The van der Waals surface area contributed by atoms with E-state index in [4.69, 9.17) is 4.74 Å². The molecule has 1 aliphatic heterocycles. The summed E-state index contributed by atoms with van der Waals surface area (Å²) < 4.78 is 5.72. The van der Waals surface area contributed by atoms with E-state index in [-0.39, 0.29) is 5.92 Å². The molecule has 110 valence electrons. The fraction of sp³-hybridized carbons (Fsp3) is 0.938. The third-order valence-electron chi connectivity index (χ3n) is 4.71. The number of hydrogen-bond donors (Lipinski definition) is 0. The van der Waals surface area contributed by atoms with Gasteiger partial charge in [-0.3, -0.25) is 4.79 Å². The van der Waals surface area contributed by atoms with Gasteiger partial charge < -0.3 is 9.64 Å². The van der Waals surface area contributed by atoms with E-state index in [0.29, 0.717) is 17.3 Å². The fourth-order valence-corrected chi connectivity index (χ4v) is 3.44. The first-order chi connectivity index (χ1) is 9.00. The third kappa shape index (κ3) is 4.28. The molecule has 3 nitrogen and oxygen atoms in total. The first kappa shape index (κ1) is 15.0. The lowest BCUT2D eigenvalue weighted by Gasteiger charge is -2.37. The lowest BCUT2D eigenvalue weighted by molar-refractivity contribution is -0.128. The van der Waals surface area contributed by atoms with Crippen molar-refractivity contribution in [1.82, 2.24) is 4.90 Å². The van der Waals surface area contributed by atoms with Crippen LogP contribution < -0.4 is 0 Å². The van der Waals surface area contributed by atoms with Crippen LogP contribution in [0, 0.1) is 11.3 Å². The van der Waals surface area contributed by atoms with Gasteiger partial charge >= 0.3 is 0 Å². The number of carbonyl (C=O) groups excluding carboxylic acids is 1. The molecule has 0 N–H and O–H groups in total. The lowest BCUT2D eigenvalue weighted by atomic mass is 9.71. The van der Waals surface area contributed by atoms with Gasteiger partial charge in [0.2, 0.25) is 0 Å². The highest BCUT2D eigenvalue weighted by Gasteiger charge is 2.34. The van der Waals surface area contributed by atoms with Crippen molar-refractivity contribution in [1.29, 1.82) is 0 Å². The second-order valence-corrected chi connectivity index (χ2v) is 7.02. The second-order valence-electron chi connectivity index (χ2n) is 7.02. The molecule has 2 unspecified atom stereocenters. The third-order valence-corrected chi connectivity index (χ3v) is 4.71. The van der Waals surface area contributed by atoms with Crippen molar-refractivity contribution in [2.45, 2.75) is 59.0 Å². The second kappa shape index (κ2) is 6.36. The maximum atomic E-state index is 12.1. The molecule has 2 atom stereocenters. The maximum absolute atomic E-state index is 12.1. The summed E-state index contributed by atoms with van der Waals surface area (Å²) in [4.78, 5) is 14.5. The number of ether oxygens (including phenoxy) is 1. The summed E-state index contributed by atoms with van der Waals surface area (Å²) in [5, 5.41) is 0. The Labute approximate surface area is 117 Å². The smallest absolute Gasteiger partial charge is 0.137 e. The Bertz CT molecular complexity index is 308. The molecule has 2 rings (SSSR count). The molecule has 0 radical (unpaired) electrons. The average Bonchev–Trinajstić information content (AvgIpc) is 2.85. The van der Waals surface area contributed by atoms with Crippen molar-refractivity contribution in [3.63, 3.8) is 0 Å². The van der Waals surface area contributed by atoms with Gasteiger partial charge in [0.1, 0.15) is 5.78 Å². The van der Waals surface area contributed by atoms with Crippen molar-refractivity contribution in [2.24, 2.45) is 11.3 Å². The highest BCUT2D eigenvalue weighted by atomic mass is 16.5. The van der Waals surface area contributed by atoms with E-state index >= 15 is 0 Å². The number of likely N-dealkylation sites (N-methyl/N-ethyl adjacent to an activating group) is 1. The quantitative estimate of drug-likeness (QED) is 0.767. The summed E-state index contributed by atoms with van der Waals surface area (Å²) in [5.74, 6) is 0.718. The monoisotopic (exact) mass is 267 g/mol. The van der Waals surface area contributed by atoms with Crippen molar-refractivity contribution in [2.75, 3.05) is 26.2 Å². The van der Waals surface area contributed by atoms with Crippen molar-refractivity contribution >= 4 is 5.78 Å². The minimum atomic E-state index is 0.241. The van der Waals surface area contributed by atoms with Crippen molar-refractivity contribution < 1.29 is 9.53 Å². The Morgan fingerprint density at radius 1 is 1.37 bits per heavy atom. The maximum Gasteiger partial charge on any atom is 0.137 e. The molecule has 0 aromatic rings. The van der Waals surface area contributed by atoms with Gasteiger partial charge in [-0.05, 0) is 37.6 Å². The molecular formula is C16H29NO2.